The number of nitrogens with zero attached hydrogens (tertiary/aromatic N) is 4. The van der Waals surface area contributed by atoms with Crippen LogP contribution in [0.5, 0.6) is 0 Å². The molecule has 2 aliphatic rings. The molecule has 13 heteroatoms. The molecule has 2 saturated heterocycles. The zero-order valence-corrected chi connectivity index (χ0v) is 24.3. The highest BCUT2D eigenvalue weighted by molar-refractivity contribution is 7.91. The number of piperazine rings is 1. The lowest BCUT2D eigenvalue weighted by atomic mass is 10.1. The zero-order chi connectivity index (χ0) is 29.8. The molecule has 10 nitrogen and oxygen atoms in total. The Labute approximate surface area is 239 Å². The summed E-state index contributed by atoms with van der Waals surface area (Å²) in [5.74, 6) is 3.59. The molecule has 0 unspecified atom stereocenters. The molecule has 4 rings (SSSR count). The molecule has 0 bridgehead atoms. The van der Waals surface area contributed by atoms with Gasteiger partial charge in [0, 0.05) is 69.2 Å². The number of sulfone groups is 1. The lowest BCUT2D eigenvalue weighted by Gasteiger charge is -2.36. The summed E-state index contributed by atoms with van der Waals surface area (Å²) >= 11 is 0. The van der Waals surface area contributed by atoms with E-state index in [2.05, 4.69) is 9.80 Å². The quantitative estimate of drug-likeness (QED) is 0.274. The molecule has 2 aliphatic heterocycles. The van der Waals surface area contributed by atoms with Gasteiger partial charge in [0.25, 0.3) is 5.91 Å². The molecule has 2 aromatic rings. The molecule has 3 N–H and O–H groups in total. The van der Waals surface area contributed by atoms with Gasteiger partial charge >= 0.3 is 6.03 Å². The number of nitrogens with one attached hydrogen (secondary N) is 1. The number of nitrogen functional groups attached to an aromatic ring is 1. The molecular weight excluding hydrogens is 554 g/mol. The van der Waals surface area contributed by atoms with Crippen LogP contribution in [0.4, 0.5) is 19.3 Å². The molecule has 2 aromatic carbocycles. The molecule has 0 aliphatic carbocycles. The summed E-state index contributed by atoms with van der Waals surface area (Å²) in [5, 5.41) is 0. The number of halogens is 2. The van der Waals surface area contributed by atoms with Gasteiger partial charge < -0.3 is 4.90 Å². The van der Waals surface area contributed by atoms with Crippen LogP contribution >= 0.6 is 0 Å². The number of carbonyl (C=O) groups excluding carboxylic acids is 2. The lowest BCUT2D eigenvalue weighted by Crippen LogP contribution is -2.50. The van der Waals surface area contributed by atoms with E-state index >= 15 is 0 Å². The minimum atomic E-state index is -3.20. The number of carbonyl (C=O) groups is 2. The van der Waals surface area contributed by atoms with Crippen LogP contribution in [0, 0.1) is 5.82 Å². The first-order chi connectivity index (χ1) is 19.3. The first kappa shape index (κ1) is 30.8. The molecule has 0 aromatic heterocycles. The van der Waals surface area contributed by atoms with Crippen molar-refractivity contribution in [1.29, 1.82) is 0 Å². The Kier molecular flexibility index (Phi) is 9.62. The zero-order valence-electron chi connectivity index (χ0n) is 23.5. The van der Waals surface area contributed by atoms with E-state index in [1.54, 1.807) is 26.0 Å². The van der Waals surface area contributed by atoms with E-state index in [-0.39, 0.29) is 42.3 Å². The van der Waals surface area contributed by atoms with Gasteiger partial charge in [0.2, 0.25) is 0 Å². The number of anilines is 1. The third-order valence-corrected chi connectivity index (χ3v) is 8.95. The predicted octanol–water partition coefficient (Wildman–Crippen LogP) is 2.15. The summed E-state index contributed by atoms with van der Waals surface area (Å²) < 4.78 is 52.8. The molecule has 41 heavy (non-hydrogen) atoms. The third kappa shape index (κ3) is 8.44. The van der Waals surface area contributed by atoms with Crippen molar-refractivity contribution in [2.45, 2.75) is 32.6 Å². The van der Waals surface area contributed by atoms with E-state index in [4.69, 9.17) is 5.84 Å². The first-order valence-electron chi connectivity index (χ1n) is 13.6. The van der Waals surface area contributed by atoms with E-state index < -0.39 is 33.3 Å². The van der Waals surface area contributed by atoms with Crippen molar-refractivity contribution in [1.82, 2.24) is 20.1 Å². The van der Waals surface area contributed by atoms with Crippen molar-refractivity contribution < 1.29 is 26.8 Å². The number of urea groups is 1. The number of rotatable bonds is 8. The highest BCUT2D eigenvalue weighted by Gasteiger charge is 2.30. The van der Waals surface area contributed by atoms with E-state index in [1.807, 2.05) is 17.6 Å². The summed E-state index contributed by atoms with van der Waals surface area (Å²) in [5.41, 5.74) is 2.54. The van der Waals surface area contributed by atoms with Gasteiger partial charge in [0.05, 0.1) is 18.1 Å². The maximum absolute atomic E-state index is 15.0. The number of amides is 3. The van der Waals surface area contributed by atoms with E-state index in [0.717, 1.165) is 37.8 Å². The smallest absolute Gasteiger partial charge is 0.322 e. The summed E-state index contributed by atoms with van der Waals surface area (Å²) in [4.78, 5) is 32.7. The fraction of sp³-hybridized carbons (Fsp3) is 0.500. The van der Waals surface area contributed by atoms with Crippen LogP contribution in [0.15, 0.2) is 42.5 Å². The summed E-state index contributed by atoms with van der Waals surface area (Å²) in [6.45, 7) is 7.49. The number of benzene rings is 2. The normalized spacial score (nSPS) is 18.2. The van der Waals surface area contributed by atoms with Crippen LogP contribution < -0.4 is 16.2 Å². The fourth-order valence-corrected chi connectivity index (χ4v) is 6.29. The summed E-state index contributed by atoms with van der Waals surface area (Å²) in [6.07, 6.45) is 0. The van der Waals surface area contributed by atoms with Gasteiger partial charge in [-0.2, -0.15) is 0 Å². The molecule has 2 fully saturated rings. The molecule has 0 atom stereocenters. The number of hydrazine groups is 1. The minimum absolute atomic E-state index is 0.0476. The molecule has 0 spiro atoms. The van der Waals surface area contributed by atoms with Crippen molar-refractivity contribution in [3.63, 3.8) is 0 Å². The van der Waals surface area contributed by atoms with E-state index in [9.17, 15) is 26.8 Å². The van der Waals surface area contributed by atoms with Crippen molar-refractivity contribution in [2.75, 3.05) is 62.2 Å². The van der Waals surface area contributed by atoms with Crippen molar-refractivity contribution in [2.24, 2.45) is 5.84 Å². The van der Waals surface area contributed by atoms with E-state index in [0.29, 0.717) is 18.8 Å². The third-order valence-electron chi connectivity index (χ3n) is 7.34. The number of alkyl halides is 1. The molecule has 224 valence electrons. The standard InChI is InChI=1S/C28H38F2N6O4S/c1-28(2,30)20-34-11-9-33(10-12-34)18-21-3-7-24(8-4-21)36(27(38)35-13-15-41(39,40)16-14-35)19-23-6-5-22(17-25(23)29)26(37)32-31/h3-8,17H,9-16,18-20,31H2,1-2H3,(H,32,37). The van der Waals surface area contributed by atoms with Gasteiger partial charge in [-0.05, 0) is 43.7 Å². The van der Waals surface area contributed by atoms with Crippen molar-refractivity contribution in [3.8, 4) is 0 Å². The van der Waals surface area contributed by atoms with Crippen molar-refractivity contribution >= 4 is 27.5 Å². The van der Waals surface area contributed by atoms with Crippen LogP contribution in [0.25, 0.3) is 0 Å². The monoisotopic (exact) mass is 592 g/mol. The minimum Gasteiger partial charge on any atom is -0.322 e. The van der Waals surface area contributed by atoms with Gasteiger partial charge in [0.15, 0.2) is 9.84 Å². The van der Waals surface area contributed by atoms with Crippen LogP contribution in [0.1, 0.15) is 35.3 Å². The molecule has 0 radical (unpaired) electrons. The Morgan fingerprint density at radius 3 is 2.15 bits per heavy atom. The van der Waals surface area contributed by atoms with Gasteiger partial charge in [-0.15, -0.1) is 0 Å². The average Bonchev–Trinajstić information content (AvgIpc) is 2.92. The Morgan fingerprint density at radius 1 is 0.976 bits per heavy atom. The van der Waals surface area contributed by atoms with E-state index in [1.165, 1.54) is 21.9 Å². The second-order valence-corrected chi connectivity index (χ2v) is 13.5. The highest BCUT2D eigenvalue weighted by Crippen LogP contribution is 2.24. The van der Waals surface area contributed by atoms with Gasteiger partial charge in [-0.3, -0.25) is 24.9 Å². The second-order valence-electron chi connectivity index (χ2n) is 11.2. The van der Waals surface area contributed by atoms with Crippen LogP contribution in [-0.2, 0) is 22.9 Å². The maximum Gasteiger partial charge on any atom is 0.324 e. The Morgan fingerprint density at radius 2 is 1.59 bits per heavy atom. The lowest BCUT2D eigenvalue weighted by molar-refractivity contribution is 0.0732. The second kappa shape index (κ2) is 12.8. The van der Waals surface area contributed by atoms with Gasteiger partial charge in [0.1, 0.15) is 11.5 Å². The SMILES string of the molecule is CC(C)(F)CN1CCN(Cc2ccc(N(Cc3ccc(C(=O)NN)cc3F)C(=O)N3CCS(=O)(=O)CC3)cc2)CC1. The molecule has 2 heterocycles. The maximum atomic E-state index is 15.0. The molecule has 0 saturated carbocycles. The van der Waals surface area contributed by atoms with Crippen LogP contribution in [-0.4, -0.2) is 98.0 Å². The number of nitrogens with two attached hydrogens (primary N) is 1. The predicted molar refractivity (Wildman–Crippen MR) is 153 cm³/mol. The average molecular weight is 593 g/mol. The van der Waals surface area contributed by atoms with Gasteiger partial charge in [-0.1, -0.05) is 18.2 Å². The Hall–Kier alpha value is -3.13. The summed E-state index contributed by atoms with van der Waals surface area (Å²) in [7, 11) is -3.20. The topological polar surface area (TPSA) is 119 Å². The number of hydrogen-bond acceptors (Lipinski definition) is 7. The first-order valence-corrected chi connectivity index (χ1v) is 15.4. The van der Waals surface area contributed by atoms with Crippen molar-refractivity contribution in [3.05, 3.63) is 65.0 Å². The fourth-order valence-electron chi connectivity index (χ4n) is 5.09. The number of hydrogen-bond donors (Lipinski definition) is 2. The highest BCUT2D eigenvalue weighted by atomic mass is 32.2. The molecular formula is C28H38F2N6O4S. The molecule has 3 amide bonds. The Bertz CT molecular complexity index is 1330. The summed E-state index contributed by atoms with van der Waals surface area (Å²) in [6, 6.07) is 10.9. The van der Waals surface area contributed by atoms with Crippen LogP contribution in [0.2, 0.25) is 0 Å². The Balaban J connectivity index is 1.49. The van der Waals surface area contributed by atoms with Gasteiger partial charge in [-0.25, -0.2) is 27.8 Å². The van der Waals surface area contributed by atoms with Crippen LogP contribution in [0.3, 0.4) is 0 Å². The largest absolute Gasteiger partial charge is 0.324 e.